The van der Waals surface area contributed by atoms with Crippen LogP contribution in [0, 0.1) is 0 Å². The van der Waals surface area contributed by atoms with Gasteiger partial charge in [0.25, 0.3) is 0 Å². The molecule has 0 atom stereocenters. The zero-order valence-electron chi connectivity index (χ0n) is 10.8. The molecule has 0 saturated heterocycles. The third kappa shape index (κ3) is 3.86. The second kappa shape index (κ2) is 7.00. The molecule has 2 rings (SSSR count). The average molecular weight is 278 g/mol. The fourth-order valence-corrected chi connectivity index (χ4v) is 1.83. The number of hydrogen-bond acceptors (Lipinski definition) is 3. The summed E-state index contributed by atoms with van der Waals surface area (Å²) in [5, 5.41) is 0. The van der Waals surface area contributed by atoms with Crippen molar-refractivity contribution in [3.05, 3.63) is 53.9 Å². The van der Waals surface area contributed by atoms with Crippen molar-refractivity contribution in [2.75, 3.05) is 6.61 Å². The molecule has 100 valence electrons. The van der Waals surface area contributed by atoms with Crippen LogP contribution in [0.15, 0.2) is 42.7 Å². The van der Waals surface area contributed by atoms with Crippen LogP contribution < -0.4 is 9.47 Å². The minimum absolute atomic E-state index is 0.461. The molecular weight excluding hydrogens is 262 g/mol. The van der Waals surface area contributed by atoms with Crippen LogP contribution in [0.2, 0.25) is 0 Å². The molecule has 0 amide bonds. The van der Waals surface area contributed by atoms with Gasteiger partial charge in [-0.05, 0) is 30.7 Å². The fourth-order valence-electron chi connectivity index (χ4n) is 1.67. The predicted octanol–water partition coefficient (Wildman–Crippen LogP) is 3.80. The Labute approximate surface area is 118 Å². The Bertz CT molecular complexity index is 517. The summed E-state index contributed by atoms with van der Waals surface area (Å²) in [4.78, 5) is 4.05. The van der Waals surface area contributed by atoms with E-state index in [0.717, 1.165) is 22.6 Å². The Morgan fingerprint density at radius 3 is 2.68 bits per heavy atom. The molecule has 2 aromatic rings. The van der Waals surface area contributed by atoms with Crippen LogP contribution in [0.25, 0.3) is 0 Å². The summed E-state index contributed by atoms with van der Waals surface area (Å²) in [7, 11) is 0. The van der Waals surface area contributed by atoms with Gasteiger partial charge in [0.1, 0.15) is 6.61 Å². The molecule has 0 aliphatic heterocycles. The van der Waals surface area contributed by atoms with Crippen LogP contribution in [0.3, 0.4) is 0 Å². The third-order valence-electron chi connectivity index (χ3n) is 2.58. The van der Waals surface area contributed by atoms with Crippen molar-refractivity contribution in [3.63, 3.8) is 0 Å². The molecule has 0 unspecified atom stereocenters. The van der Waals surface area contributed by atoms with Crippen molar-refractivity contribution in [3.8, 4) is 11.5 Å². The number of pyridine rings is 1. The molecule has 19 heavy (non-hydrogen) atoms. The van der Waals surface area contributed by atoms with Crippen LogP contribution in [-0.4, -0.2) is 11.6 Å². The number of benzene rings is 1. The van der Waals surface area contributed by atoms with Gasteiger partial charge in [-0.2, -0.15) is 0 Å². The zero-order valence-corrected chi connectivity index (χ0v) is 11.6. The van der Waals surface area contributed by atoms with Crippen LogP contribution in [0.4, 0.5) is 0 Å². The van der Waals surface area contributed by atoms with Crippen molar-refractivity contribution in [1.82, 2.24) is 4.98 Å². The van der Waals surface area contributed by atoms with Gasteiger partial charge in [0.15, 0.2) is 11.5 Å². The number of halogens is 1. The molecule has 0 N–H and O–H groups in total. The van der Waals surface area contributed by atoms with Crippen LogP contribution in [0.5, 0.6) is 11.5 Å². The van der Waals surface area contributed by atoms with Gasteiger partial charge in [0, 0.05) is 23.8 Å². The second-order valence-electron chi connectivity index (χ2n) is 4.00. The molecular formula is C15H16ClNO2. The summed E-state index contributed by atoms with van der Waals surface area (Å²) < 4.78 is 11.3. The van der Waals surface area contributed by atoms with E-state index in [4.69, 9.17) is 21.1 Å². The number of hydrogen-bond donors (Lipinski definition) is 0. The van der Waals surface area contributed by atoms with E-state index in [-0.39, 0.29) is 0 Å². The smallest absolute Gasteiger partial charge is 0.161 e. The molecule has 1 heterocycles. The van der Waals surface area contributed by atoms with Crippen molar-refractivity contribution in [1.29, 1.82) is 0 Å². The van der Waals surface area contributed by atoms with Crippen molar-refractivity contribution < 1.29 is 9.47 Å². The molecule has 0 saturated carbocycles. The van der Waals surface area contributed by atoms with Crippen molar-refractivity contribution in [2.45, 2.75) is 19.4 Å². The van der Waals surface area contributed by atoms with E-state index in [2.05, 4.69) is 4.98 Å². The highest BCUT2D eigenvalue weighted by Gasteiger charge is 2.06. The maximum atomic E-state index is 5.82. The highest BCUT2D eigenvalue weighted by atomic mass is 35.5. The monoisotopic (exact) mass is 277 g/mol. The molecule has 1 aromatic carbocycles. The molecule has 0 fully saturated rings. The van der Waals surface area contributed by atoms with Gasteiger partial charge in [0.05, 0.1) is 6.61 Å². The molecule has 0 aliphatic carbocycles. The molecule has 3 nitrogen and oxygen atoms in total. The van der Waals surface area contributed by atoms with E-state index in [9.17, 15) is 0 Å². The topological polar surface area (TPSA) is 31.4 Å². The molecule has 0 aliphatic rings. The van der Waals surface area contributed by atoms with Gasteiger partial charge >= 0.3 is 0 Å². The van der Waals surface area contributed by atoms with Gasteiger partial charge in [-0.25, -0.2) is 0 Å². The number of alkyl halides is 1. The second-order valence-corrected chi connectivity index (χ2v) is 4.26. The Morgan fingerprint density at radius 1 is 1.11 bits per heavy atom. The number of nitrogens with zero attached hydrogens (tertiary/aromatic N) is 1. The lowest BCUT2D eigenvalue weighted by Gasteiger charge is -2.12. The van der Waals surface area contributed by atoms with E-state index >= 15 is 0 Å². The largest absolute Gasteiger partial charge is 0.490 e. The summed E-state index contributed by atoms with van der Waals surface area (Å²) in [6.07, 6.45) is 3.53. The first-order chi connectivity index (χ1) is 9.33. The molecule has 0 bridgehead atoms. The van der Waals surface area contributed by atoms with Crippen LogP contribution >= 0.6 is 11.6 Å². The van der Waals surface area contributed by atoms with E-state index in [1.165, 1.54) is 0 Å². The van der Waals surface area contributed by atoms with E-state index in [1.54, 1.807) is 12.4 Å². The van der Waals surface area contributed by atoms with Crippen LogP contribution in [0.1, 0.15) is 18.1 Å². The molecule has 0 radical (unpaired) electrons. The average Bonchev–Trinajstić information content (AvgIpc) is 2.47. The van der Waals surface area contributed by atoms with Gasteiger partial charge in [-0.1, -0.05) is 12.1 Å². The Kier molecular flexibility index (Phi) is 5.04. The summed E-state index contributed by atoms with van der Waals surface area (Å²) in [6, 6.07) is 9.60. The molecule has 4 heteroatoms. The minimum Gasteiger partial charge on any atom is -0.490 e. The molecule has 0 spiro atoms. The molecule has 1 aromatic heterocycles. The fraction of sp³-hybridized carbons (Fsp3) is 0.267. The van der Waals surface area contributed by atoms with E-state index in [0.29, 0.717) is 19.1 Å². The first-order valence-electron chi connectivity index (χ1n) is 6.17. The van der Waals surface area contributed by atoms with Crippen LogP contribution in [-0.2, 0) is 12.5 Å². The quantitative estimate of drug-likeness (QED) is 0.753. The lowest BCUT2D eigenvalue weighted by Crippen LogP contribution is -2.00. The summed E-state index contributed by atoms with van der Waals surface area (Å²) >= 11 is 5.82. The van der Waals surface area contributed by atoms with Gasteiger partial charge in [-0.3, -0.25) is 4.98 Å². The van der Waals surface area contributed by atoms with E-state index < -0.39 is 0 Å². The Morgan fingerprint density at radius 2 is 2.00 bits per heavy atom. The summed E-state index contributed by atoms with van der Waals surface area (Å²) in [6.45, 7) is 3.00. The van der Waals surface area contributed by atoms with Gasteiger partial charge < -0.3 is 9.47 Å². The number of ether oxygens (including phenoxy) is 2. The number of aromatic nitrogens is 1. The predicted molar refractivity (Wildman–Crippen MR) is 75.7 cm³/mol. The van der Waals surface area contributed by atoms with Gasteiger partial charge in [0.2, 0.25) is 0 Å². The van der Waals surface area contributed by atoms with Crippen molar-refractivity contribution in [2.24, 2.45) is 0 Å². The standard InChI is InChI=1S/C15H16ClNO2/c1-2-18-15-8-12(9-16)5-6-14(15)19-11-13-4-3-7-17-10-13/h3-8,10H,2,9,11H2,1H3. The highest BCUT2D eigenvalue weighted by Crippen LogP contribution is 2.29. The SMILES string of the molecule is CCOc1cc(CCl)ccc1OCc1cccnc1. The zero-order chi connectivity index (χ0) is 13.5. The maximum Gasteiger partial charge on any atom is 0.161 e. The maximum absolute atomic E-state index is 5.82. The Hall–Kier alpha value is -1.74. The lowest BCUT2D eigenvalue weighted by atomic mass is 10.2. The summed E-state index contributed by atoms with van der Waals surface area (Å²) in [5.74, 6) is 1.91. The highest BCUT2D eigenvalue weighted by molar-refractivity contribution is 6.17. The van der Waals surface area contributed by atoms with Gasteiger partial charge in [-0.15, -0.1) is 11.6 Å². The minimum atomic E-state index is 0.461. The van der Waals surface area contributed by atoms with Crippen molar-refractivity contribution >= 4 is 11.6 Å². The summed E-state index contributed by atoms with van der Waals surface area (Å²) in [5.41, 5.74) is 2.03. The number of rotatable bonds is 6. The third-order valence-corrected chi connectivity index (χ3v) is 2.89. The first-order valence-corrected chi connectivity index (χ1v) is 6.70. The first kappa shape index (κ1) is 13.7. The Balaban J connectivity index is 2.10. The normalized spacial score (nSPS) is 10.2. The van der Waals surface area contributed by atoms with E-state index in [1.807, 2.05) is 37.3 Å². The lowest BCUT2D eigenvalue weighted by molar-refractivity contribution is 0.269.